The lowest BCUT2D eigenvalue weighted by Gasteiger charge is -2.11. The Balaban J connectivity index is 2.03. The van der Waals surface area contributed by atoms with Gasteiger partial charge in [-0.15, -0.1) is 0 Å². The van der Waals surface area contributed by atoms with Gasteiger partial charge in [-0.1, -0.05) is 19.1 Å². The molecule has 116 valence electrons. The normalized spacial score (nSPS) is 10.3. The molecule has 0 fully saturated rings. The Morgan fingerprint density at radius 3 is 2.91 bits per heavy atom. The van der Waals surface area contributed by atoms with E-state index >= 15 is 0 Å². The molecule has 0 spiro atoms. The highest BCUT2D eigenvalue weighted by molar-refractivity contribution is 14.1. The number of aryl methyl sites for hydroxylation is 1. The first-order valence-corrected chi connectivity index (χ1v) is 8.30. The maximum absolute atomic E-state index is 12.2. The summed E-state index contributed by atoms with van der Waals surface area (Å²) in [6.45, 7) is 5.09. The Hall–Kier alpha value is -1.63. The second-order valence-electron chi connectivity index (χ2n) is 4.96. The van der Waals surface area contributed by atoms with Gasteiger partial charge in [-0.25, -0.2) is 4.98 Å². The second-order valence-corrected chi connectivity index (χ2v) is 6.12. The summed E-state index contributed by atoms with van der Waals surface area (Å²) >= 11 is 2.23. The molecular formula is C17H19IN2O2. The van der Waals surface area contributed by atoms with E-state index < -0.39 is 0 Å². The maximum atomic E-state index is 12.2. The van der Waals surface area contributed by atoms with Crippen molar-refractivity contribution in [3.63, 3.8) is 0 Å². The lowest BCUT2D eigenvalue weighted by atomic mass is 10.1. The van der Waals surface area contributed by atoms with Crippen LogP contribution >= 0.6 is 22.6 Å². The first-order chi connectivity index (χ1) is 10.6. The van der Waals surface area contributed by atoms with Crippen molar-refractivity contribution >= 4 is 28.5 Å². The minimum atomic E-state index is -0.0942. The molecule has 5 heteroatoms. The number of hydrogen-bond acceptors (Lipinski definition) is 3. The zero-order chi connectivity index (χ0) is 15.9. The number of aromatic nitrogens is 1. The Morgan fingerprint density at radius 1 is 1.36 bits per heavy atom. The first kappa shape index (κ1) is 16.7. The fourth-order valence-electron chi connectivity index (χ4n) is 1.90. The standard InChI is InChI=1S/C17H19IN2O2/c1-3-9-22-17-14(5-4-8-19-17)11-20-16(21)13-7-6-12(2)15(18)10-13/h4-8,10H,3,9,11H2,1-2H3,(H,20,21). The molecule has 0 atom stereocenters. The molecule has 1 aromatic heterocycles. The molecular weight excluding hydrogens is 391 g/mol. The smallest absolute Gasteiger partial charge is 0.251 e. The molecule has 0 bridgehead atoms. The number of benzene rings is 1. The highest BCUT2D eigenvalue weighted by Gasteiger charge is 2.09. The molecule has 0 saturated heterocycles. The predicted molar refractivity (Wildman–Crippen MR) is 95.1 cm³/mol. The molecule has 4 nitrogen and oxygen atoms in total. The molecule has 0 aliphatic rings. The van der Waals surface area contributed by atoms with E-state index in [2.05, 4.69) is 32.9 Å². The molecule has 1 aromatic carbocycles. The third kappa shape index (κ3) is 4.43. The number of nitrogens with one attached hydrogen (secondary N) is 1. The van der Waals surface area contributed by atoms with Crippen molar-refractivity contribution in [3.05, 3.63) is 56.8 Å². The van der Waals surface area contributed by atoms with Gasteiger partial charge in [-0.05, 0) is 59.7 Å². The number of ether oxygens (including phenoxy) is 1. The zero-order valence-electron chi connectivity index (χ0n) is 12.7. The Bertz CT molecular complexity index is 659. The van der Waals surface area contributed by atoms with Crippen LogP contribution in [0.3, 0.4) is 0 Å². The van der Waals surface area contributed by atoms with Gasteiger partial charge in [0, 0.05) is 27.4 Å². The molecule has 2 rings (SSSR count). The van der Waals surface area contributed by atoms with Crippen molar-refractivity contribution in [2.75, 3.05) is 6.61 Å². The van der Waals surface area contributed by atoms with E-state index in [0.29, 0.717) is 24.6 Å². The van der Waals surface area contributed by atoms with E-state index in [4.69, 9.17) is 4.74 Å². The van der Waals surface area contributed by atoms with E-state index in [1.165, 1.54) is 5.56 Å². The van der Waals surface area contributed by atoms with Crippen LogP contribution in [0.25, 0.3) is 0 Å². The van der Waals surface area contributed by atoms with Crippen LogP contribution in [0.1, 0.15) is 34.8 Å². The van der Waals surface area contributed by atoms with E-state index in [-0.39, 0.29) is 5.91 Å². The fourth-order valence-corrected chi connectivity index (χ4v) is 2.41. The van der Waals surface area contributed by atoms with Crippen LogP contribution in [0.4, 0.5) is 0 Å². The molecule has 0 radical (unpaired) electrons. The molecule has 1 heterocycles. The Morgan fingerprint density at radius 2 is 2.18 bits per heavy atom. The van der Waals surface area contributed by atoms with Crippen molar-refractivity contribution in [3.8, 4) is 5.88 Å². The number of carbonyl (C=O) groups excluding carboxylic acids is 1. The Labute approximate surface area is 144 Å². The summed E-state index contributed by atoms with van der Waals surface area (Å²) in [5.74, 6) is 0.492. The molecule has 0 saturated carbocycles. The van der Waals surface area contributed by atoms with Gasteiger partial charge in [-0.2, -0.15) is 0 Å². The summed E-state index contributed by atoms with van der Waals surface area (Å²) < 4.78 is 6.68. The number of amides is 1. The lowest BCUT2D eigenvalue weighted by molar-refractivity contribution is 0.0950. The van der Waals surface area contributed by atoms with Crippen LogP contribution < -0.4 is 10.1 Å². The molecule has 22 heavy (non-hydrogen) atoms. The van der Waals surface area contributed by atoms with Crippen LogP contribution in [0.2, 0.25) is 0 Å². The van der Waals surface area contributed by atoms with Gasteiger partial charge < -0.3 is 10.1 Å². The molecule has 0 aliphatic carbocycles. The monoisotopic (exact) mass is 410 g/mol. The predicted octanol–water partition coefficient (Wildman–Crippen LogP) is 3.71. The number of rotatable bonds is 6. The third-order valence-corrected chi connectivity index (χ3v) is 4.33. The number of nitrogens with zero attached hydrogens (tertiary/aromatic N) is 1. The molecule has 0 aliphatic heterocycles. The topological polar surface area (TPSA) is 51.2 Å². The van der Waals surface area contributed by atoms with Gasteiger partial charge >= 0.3 is 0 Å². The summed E-state index contributed by atoms with van der Waals surface area (Å²) in [5.41, 5.74) is 2.71. The summed E-state index contributed by atoms with van der Waals surface area (Å²) in [7, 11) is 0. The number of pyridine rings is 1. The summed E-state index contributed by atoms with van der Waals surface area (Å²) in [6.07, 6.45) is 2.61. The van der Waals surface area contributed by atoms with Crippen LogP contribution in [0.15, 0.2) is 36.5 Å². The minimum absolute atomic E-state index is 0.0942. The largest absolute Gasteiger partial charge is 0.477 e. The van der Waals surface area contributed by atoms with E-state index in [9.17, 15) is 4.79 Å². The van der Waals surface area contributed by atoms with Gasteiger partial charge in [-0.3, -0.25) is 4.79 Å². The molecule has 2 aromatic rings. The molecule has 1 amide bonds. The third-order valence-electron chi connectivity index (χ3n) is 3.17. The number of hydrogen-bond donors (Lipinski definition) is 1. The quantitative estimate of drug-likeness (QED) is 0.739. The van der Waals surface area contributed by atoms with Gasteiger partial charge in [0.15, 0.2) is 0 Å². The van der Waals surface area contributed by atoms with Crippen molar-refractivity contribution < 1.29 is 9.53 Å². The highest BCUT2D eigenvalue weighted by Crippen LogP contribution is 2.16. The summed E-state index contributed by atoms with van der Waals surface area (Å²) in [4.78, 5) is 16.4. The van der Waals surface area contributed by atoms with E-state index in [1.54, 1.807) is 6.20 Å². The van der Waals surface area contributed by atoms with Crippen molar-refractivity contribution in [1.29, 1.82) is 0 Å². The first-order valence-electron chi connectivity index (χ1n) is 7.23. The second kappa shape index (κ2) is 8.12. The van der Waals surface area contributed by atoms with Crippen molar-refractivity contribution in [1.82, 2.24) is 10.3 Å². The van der Waals surface area contributed by atoms with Gasteiger partial charge in [0.2, 0.25) is 5.88 Å². The van der Waals surface area contributed by atoms with Crippen LogP contribution in [-0.2, 0) is 6.54 Å². The highest BCUT2D eigenvalue weighted by atomic mass is 127. The van der Waals surface area contributed by atoms with E-state index in [0.717, 1.165) is 15.6 Å². The average Bonchev–Trinajstić information content (AvgIpc) is 2.54. The Kier molecular flexibility index (Phi) is 6.18. The van der Waals surface area contributed by atoms with E-state index in [1.807, 2.05) is 44.2 Å². The van der Waals surface area contributed by atoms with Crippen molar-refractivity contribution in [2.45, 2.75) is 26.8 Å². The number of halogens is 1. The minimum Gasteiger partial charge on any atom is -0.477 e. The van der Waals surface area contributed by atoms with Gasteiger partial charge in [0.05, 0.1) is 6.61 Å². The fraction of sp³-hybridized carbons (Fsp3) is 0.294. The number of carbonyl (C=O) groups is 1. The van der Waals surface area contributed by atoms with Gasteiger partial charge in [0.1, 0.15) is 0 Å². The van der Waals surface area contributed by atoms with Crippen LogP contribution in [0.5, 0.6) is 5.88 Å². The van der Waals surface area contributed by atoms with Crippen molar-refractivity contribution in [2.24, 2.45) is 0 Å². The SMILES string of the molecule is CCCOc1ncccc1CNC(=O)c1ccc(C)c(I)c1. The van der Waals surface area contributed by atoms with Crippen LogP contribution in [0, 0.1) is 10.5 Å². The maximum Gasteiger partial charge on any atom is 0.251 e. The summed E-state index contributed by atoms with van der Waals surface area (Å²) in [5, 5.41) is 2.92. The van der Waals surface area contributed by atoms with Crippen LogP contribution in [-0.4, -0.2) is 17.5 Å². The molecule has 1 N–H and O–H groups in total. The average molecular weight is 410 g/mol. The van der Waals surface area contributed by atoms with Gasteiger partial charge in [0.25, 0.3) is 5.91 Å². The summed E-state index contributed by atoms with van der Waals surface area (Å²) in [6, 6.07) is 9.44. The lowest BCUT2D eigenvalue weighted by Crippen LogP contribution is -2.23. The zero-order valence-corrected chi connectivity index (χ0v) is 14.9. The molecule has 0 unspecified atom stereocenters.